The lowest BCUT2D eigenvalue weighted by atomic mass is 9.78. The maximum atomic E-state index is 4.76. The Balaban J connectivity index is 1.86. The average Bonchev–Trinajstić information content (AvgIpc) is 2.89. The second-order valence-corrected chi connectivity index (χ2v) is 6.79. The van der Waals surface area contributed by atoms with E-state index in [2.05, 4.69) is 36.4 Å². The number of thiazole rings is 1. The van der Waals surface area contributed by atoms with Crippen molar-refractivity contribution in [3.63, 3.8) is 0 Å². The maximum absolute atomic E-state index is 4.76. The Morgan fingerprint density at radius 1 is 1.37 bits per heavy atom. The van der Waals surface area contributed by atoms with Crippen LogP contribution in [0.2, 0.25) is 0 Å². The van der Waals surface area contributed by atoms with E-state index in [1.165, 1.54) is 49.6 Å². The SMILES string of the molecule is CCCNCc1csc(N2CCC(C)(CC)CC2)n1. The number of anilines is 1. The normalized spacial score (nSPS) is 18.8. The molecule has 19 heavy (non-hydrogen) atoms. The molecule has 1 aromatic heterocycles. The Bertz CT molecular complexity index is 380. The Hall–Kier alpha value is -0.610. The van der Waals surface area contributed by atoms with E-state index >= 15 is 0 Å². The van der Waals surface area contributed by atoms with Gasteiger partial charge < -0.3 is 10.2 Å². The lowest BCUT2D eigenvalue weighted by Gasteiger charge is -2.38. The number of rotatable bonds is 6. The predicted octanol–water partition coefficient (Wildman–Crippen LogP) is 3.66. The summed E-state index contributed by atoms with van der Waals surface area (Å²) >= 11 is 1.80. The van der Waals surface area contributed by atoms with Gasteiger partial charge in [-0.3, -0.25) is 0 Å². The Morgan fingerprint density at radius 2 is 2.11 bits per heavy atom. The van der Waals surface area contributed by atoms with Crippen LogP contribution in [0.25, 0.3) is 0 Å². The highest BCUT2D eigenvalue weighted by Crippen LogP contribution is 2.36. The van der Waals surface area contributed by atoms with Gasteiger partial charge in [0.15, 0.2) is 5.13 Å². The molecule has 2 heterocycles. The summed E-state index contributed by atoms with van der Waals surface area (Å²) in [6, 6.07) is 0. The van der Waals surface area contributed by atoms with Gasteiger partial charge in [-0.15, -0.1) is 11.3 Å². The van der Waals surface area contributed by atoms with E-state index in [1.54, 1.807) is 11.3 Å². The van der Waals surface area contributed by atoms with E-state index in [1.807, 2.05) is 0 Å². The van der Waals surface area contributed by atoms with Crippen LogP contribution in [0.3, 0.4) is 0 Å². The number of hydrogen-bond donors (Lipinski definition) is 1. The zero-order chi connectivity index (χ0) is 13.7. The monoisotopic (exact) mass is 281 g/mol. The van der Waals surface area contributed by atoms with E-state index in [0.29, 0.717) is 5.41 Å². The quantitative estimate of drug-likeness (QED) is 0.807. The minimum absolute atomic E-state index is 0.555. The number of hydrogen-bond acceptors (Lipinski definition) is 4. The van der Waals surface area contributed by atoms with Crippen molar-refractivity contribution in [3.8, 4) is 0 Å². The van der Waals surface area contributed by atoms with Crippen LogP contribution >= 0.6 is 11.3 Å². The molecule has 0 atom stereocenters. The molecule has 1 aliphatic rings. The van der Waals surface area contributed by atoms with Crippen LogP contribution in [0.5, 0.6) is 0 Å². The first kappa shape index (κ1) is 14.8. The fraction of sp³-hybridized carbons (Fsp3) is 0.800. The van der Waals surface area contributed by atoms with Crippen LogP contribution in [-0.2, 0) is 6.54 Å². The van der Waals surface area contributed by atoms with E-state index in [0.717, 1.165) is 13.1 Å². The van der Waals surface area contributed by atoms with Crippen molar-refractivity contribution < 1.29 is 0 Å². The molecular weight excluding hydrogens is 254 g/mol. The summed E-state index contributed by atoms with van der Waals surface area (Å²) in [6.45, 7) is 11.2. The summed E-state index contributed by atoms with van der Waals surface area (Å²) < 4.78 is 0. The first-order valence-corrected chi connectivity index (χ1v) is 8.45. The standard InChI is InChI=1S/C15H27N3S/c1-4-8-16-11-13-12-19-14(17-13)18-9-6-15(3,5-2)7-10-18/h12,16H,4-11H2,1-3H3. The highest BCUT2D eigenvalue weighted by Gasteiger charge is 2.29. The van der Waals surface area contributed by atoms with Crippen molar-refractivity contribution in [1.82, 2.24) is 10.3 Å². The molecule has 2 rings (SSSR count). The maximum Gasteiger partial charge on any atom is 0.185 e. The molecule has 0 amide bonds. The third-order valence-electron chi connectivity index (χ3n) is 4.37. The van der Waals surface area contributed by atoms with Crippen molar-refractivity contribution in [2.24, 2.45) is 5.41 Å². The first-order chi connectivity index (χ1) is 9.17. The van der Waals surface area contributed by atoms with Gasteiger partial charge in [0.05, 0.1) is 5.69 Å². The van der Waals surface area contributed by atoms with Gasteiger partial charge >= 0.3 is 0 Å². The summed E-state index contributed by atoms with van der Waals surface area (Å²) in [7, 11) is 0. The summed E-state index contributed by atoms with van der Waals surface area (Å²) in [4.78, 5) is 7.22. The summed E-state index contributed by atoms with van der Waals surface area (Å²) in [5.74, 6) is 0. The molecule has 4 heteroatoms. The number of piperidine rings is 1. The third kappa shape index (κ3) is 3.93. The topological polar surface area (TPSA) is 28.2 Å². The molecule has 0 saturated carbocycles. The van der Waals surface area contributed by atoms with E-state index in [9.17, 15) is 0 Å². The molecule has 3 nitrogen and oxygen atoms in total. The van der Waals surface area contributed by atoms with Crippen LogP contribution in [0, 0.1) is 5.41 Å². The molecule has 0 bridgehead atoms. The highest BCUT2D eigenvalue weighted by molar-refractivity contribution is 7.13. The van der Waals surface area contributed by atoms with E-state index in [-0.39, 0.29) is 0 Å². The van der Waals surface area contributed by atoms with Gasteiger partial charge in [-0.2, -0.15) is 0 Å². The largest absolute Gasteiger partial charge is 0.348 e. The van der Waals surface area contributed by atoms with Crippen LogP contribution in [-0.4, -0.2) is 24.6 Å². The van der Waals surface area contributed by atoms with Crippen LogP contribution in [0.15, 0.2) is 5.38 Å². The van der Waals surface area contributed by atoms with Crippen molar-refractivity contribution in [2.45, 2.75) is 53.0 Å². The molecule has 1 aliphatic heterocycles. The lowest BCUT2D eigenvalue weighted by molar-refractivity contribution is 0.238. The van der Waals surface area contributed by atoms with Crippen molar-refractivity contribution in [2.75, 3.05) is 24.5 Å². The smallest absolute Gasteiger partial charge is 0.185 e. The van der Waals surface area contributed by atoms with Crippen molar-refractivity contribution >= 4 is 16.5 Å². The molecule has 1 N–H and O–H groups in total. The van der Waals surface area contributed by atoms with Crippen LogP contribution in [0.1, 0.15) is 52.1 Å². The number of nitrogens with one attached hydrogen (secondary N) is 1. The van der Waals surface area contributed by atoms with Crippen molar-refractivity contribution in [1.29, 1.82) is 0 Å². The molecule has 108 valence electrons. The van der Waals surface area contributed by atoms with Gasteiger partial charge in [-0.05, 0) is 31.2 Å². The predicted molar refractivity (Wildman–Crippen MR) is 84.0 cm³/mol. The summed E-state index contributed by atoms with van der Waals surface area (Å²) in [5.41, 5.74) is 1.75. The molecule has 0 unspecified atom stereocenters. The van der Waals surface area contributed by atoms with E-state index in [4.69, 9.17) is 4.98 Å². The molecule has 0 aromatic carbocycles. The highest BCUT2D eigenvalue weighted by atomic mass is 32.1. The summed E-state index contributed by atoms with van der Waals surface area (Å²) in [5, 5.41) is 6.83. The fourth-order valence-electron chi connectivity index (χ4n) is 2.51. The number of nitrogens with zero attached hydrogens (tertiary/aromatic N) is 2. The minimum atomic E-state index is 0.555. The molecule has 0 radical (unpaired) electrons. The Kier molecular flexibility index (Phi) is 5.22. The molecule has 1 fully saturated rings. The number of aromatic nitrogens is 1. The average molecular weight is 281 g/mol. The van der Waals surface area contributed by atoms with Crippen LogP contribution < -0.4 is 10.2 Å². The second-order valence-electron chi connectivity index (χ2n) is 5.95. The molecular formula is C15H27N3S. The van der Waals surface area contributed by atoms with E-state index < -0.39 is 0 Å². The van der Waals surface area contributed by atoms with Gasteiger partial charge in [0.1, 0.15) is 0 Å². The zero-order valence-electron chi connectivity index (χ0n) is 12.5. The van der Waals surface area contributed by atoms with Gasteiger partial charge in [-0.1, -0.05) is 27.2 Å². The van der Waals surface area contributed by atoms with Crippen LogP contribution in [0.4, 0.5) is 5.13 Å². The van der Waals surface area contributed by atoms with Crippen molar-refractivity contribution in [3.05, 3.63) is 11.1 Å². The Labute approximate surface area is 121 Å². The fourth-order valence-corrected chi connectivity index (χ4v) is 3.39. The Morgan fingerprint density at radius 3 is 2.74 bits per heavy atom. The summed E-state index contributed by atoms with van der Waals surface area (Å²) in [6.07, 6.45) is 5.07. The molecule has 0 spiro atoms. The zero-order valence-corrected chi connectivity index (χ0v) is 13.4. The lowest BCUT2D eigenvalue weighted by Crippen LogP contribution is -2.38. The molecule has 1 saturated heterocycles. The molecule has 1 aromatic rings. The minimum Gasteiger partial charge on any atom is -0.348 e. The second kappa shape index (κ2) is 6.71. The van der Waals surface area contributed by atoms with Gasteiger partial charge in [0, 0.05) is 25.0 Å². The van der Waals surface area contributed by atoms with Gasteiger partial charge in [-0.25, -0.2) is 4.98 Å². The van der Waals surface area contributed by atoms with Gasteiger partial charge in [0.2, 0.25) is 0 Å². The molecule has 0 aliphatic carbocycles. The third-order valence-corrected chi connectivity index (χ3v) is 5.32. The first-order valence-electron chi connectivity index (χ1n) is 7.57. The van der Waals surface area contributed by atoms with Gasteiger partial charge in [0.25, 0.3) is 0 Å².